The first-order valence-electron chi connectivity index (χ1n) is 5.44. The number of carbonyl (C=O) groups excluding carboxylic acids is 1. The molecule has 2 rings (SSSR count). The standard InChI is InChI=1S/C12H12N2O4/c1-2-18-12(16)9-10(15)7-5-3-4-6-8(7)14(17)11(9)13/h3-6,17H,2,13H2,1H3/p+1. The van der Waals surface area contributed by atoms with Crippen molar-refractivity contribution >= 4 is 22.7 Å². The number of nitrogens with zero attached hydrogens (tertiary/aromatic N) is 1. The van der Waals surface area contributed by atoms with Crippen LogP contribution in [0.2, 0.25) is 0 Å². The quantitative estimate of drug-likeness (QED) is 0.590. The van der Waals surface area contributed by atoms with Gasteiger partial charge in [0.05, 0.1) is 17.5 Å². The van der Waals surface area contributed by atoms with Gasteiger partial charge in [-0.05, 0) is 19.1 Å². The van der Waals surface area contributed by atoms with Gasteiger partial charge in [0, 0.05) is 0 Å². The predicted octanol–water partition coefficient (Wildman–Crippen LogP) is 0.289. The molecule has 0 aliphatic rings. The summed E-state index contributed by atoms with van der Waals surface area (Å²) in [5.41, 5.74) is 3.13. The van der Waals surface area contributed by atoms with E-state index in [1.807, 2.05) is 0 Å². The third kappa shape index (κ3) is 1.72. The average Bonchev–Trinajstić information content (AvgIpc) is 2.37. The van der Waals surface area contributed by atoms with E-state index in [0.29, 0.717) is 5.52 Å². The molecule has 1 aromatic heterocycles. The fourth-order valence-electron chi connectivity index (χ4n) is 1.78. The van der Waals surface area contributed by atoms with Crippen LogP contribution in [0.15, 0.2) is 29.1 Å². The number of pyridine rings is 1. The van der Waals surface area contributed by atoms with Crippen LogP contribution in [0.1, 0.15) is 17.3 Å². The molecule has 0 atom stereocenters. The maximum atomic E-state index is 12.2. The molecule has 0 bridgehead atoms. The normalized spacial score (nSPS) is 10.6. The molecule has 0 saturated carbocycles. The third-order valence-corrected chi connectivity index (χ3v) is 2.63. The summed E-state index contributed by atoms with van der Waals surface area (Å²) >= 11 is 0. The lowest BCUT2D eigenvalue weighted by molar-refractivity contribution is -0.273. The number of hydrogen-bond donors (Lipinski definition) is 2. The van der Waals surface area contributed by atoms with Gasteiger partial charge < -0.3 is 15.7 Å². The summed E-state index contributed by atoms with van der Waals surface area (Å²) in [5, 5.41) is 10.1. The SMILES string of the molecule is CCOC(=O)c1c([NH3+])n(O)c2ccccc2c1=O. The number of aromatic nitrogens is 1. The number of hydrogen-bond acceptors (Lipinski definition) is 4. The second-order valence-corrected chi connectivity index (χ2v) is 3.70. The van der Waals surface area contributed by atoms with Crippen LogP contribution in [0.25, 0.3) is 10.9 Å². The number of esters is 1. The Morgan fingerprint density at radius 2 is 2.11 bits per heavy atom. The monoisotopic (exact) mass is 249 g/mol. The third-order valence-electron chi connectivity index (χ3n) is 2.63. The lowest BCUT2D eigenvalue weighted by Crippen LogP contribution is -2.47. The highest BCUT2D eigenvalue weighted by Crippen LogP contribution is 2.15. The van der Waals surface area contributed by atoms with Crippen molar-refractivity contribution in [2.45, 2.75) is 6.92 Å². The van der Waals surface area contributed by atoms with Gasteiger partial charge in [0.25, 0.3) is 5.82 Å². The molecular formula is C12H13N2O4+. The minimum absolute atomic E-state index is 0.0721. The van der Waals surface area contributed by atoms with E-state index in [0.717, 1.165) is 4.73 Å². The highest BCUT2D eigenvalue weighted by atomic mass is 16.5. The maximum Gasteiger partial charge on any atom is 0.350 e. The molecule has 0 amide bonds. The maximum absolute atomic E-state index is 12.2. The van der Waals surface area contributed by atoms with Crippen LogP contribution in [0, 0.1) is 0 Å². The van der Waals surface area contributed by atoms with E-state index in [-0.39, 0.29) is 23.4 Å². The molecular weight excluding hydrogens is 236 g/mol. The Labute approximate surface area is 102 Å². The lowest BCUT2D eigenvalue weighted by Gasteiger charge is -2.08. The van der Waals surface area contributed by atoms with Crippen LogP contribution in [0.3, 0.4) is 0 Å². The lowest BCUT2D eigenvalue weighted by atomic mass is 10.1. The molecule has 1 heterocycles. The van der Waals surface area contributed by atoms with Gasteiger partial charge in [-0.1, -0.05) is 12.1 Å². The molecule has 0 aliphatic heterocycles. The van der Waals surface area contributed by atoms with Gasteiger partial charge in [0.1, 0.15) is 0 Å². The Balaban J connectivity index is 2.83. The summed E-state index contributed by atoms with van der Waals surface area (Å²) in [7, 11) is 0. The van der Waals surface area contributed by atoms with Crippen LogP contribution < -0.4 is 11.2 Å². The summed E-state index contributed by atoms with van der Waals surface area (Å²) < 4.78 is 5.52. The Bertz CT molecular complexity index is 676. The highest BCUT2D eigenvalue weighted by molar-refractivity contribution is 5.97. The molecule has 0 spiro atoms. The van der Waals surface area contributed by atoms with Crippen molar-refractivity contribution in [2.75, 3.05) is 6.61 Å². The summed E-state index contributed by atoms with van der Waals surface area (Å²) in [6.45, 7) is 1.79. The smallest absolute Gasteiger partial charge is 0.350 e. The summed E-state index contributed by atoms with van der Waals surface area (Å²) in [6, 6.07) is 6.44. The van der Waals surface area contributed by atoms with E-state index in [2.05, 4.69) is 5.73 Å². The first kappa shape index (κ1) is 12.1. The van der Waals surface area contributed by atoms with Gasteiger partial charge in [-0.25, -0.2) is 4.79 Å². The van der Waals surface area contributed by atoms with E-state index in [4.69, 9.17) is 4.74 Å². The highest BCUT2D eigenvalue weighted by Gasteiger charge is 2.24. The molecule has 0 unspecified atom stereocenters. The Hall–Kier alpha value is -2.34. The van der Waals surface area contributed by atoms with Crippen molar-refractivity contribution in [1.29, 1.82) is 0 Å². The van der Waals surface area contributed by atoms with Crippen LogP contribution in [-0.2, 0) is 4.74 Å². The zero-order valence-electron chi connectivity index (χ0n) is 9.84. The van der Waals surface area contributed by atoms with Crippen molar-refractivity contribution in [3.63, 3.8) is 0 Å². The van der Waals surface area contributed by atoms with E-state index in [9.17, 15) is 14.8 Å². The number of carbonyl (C=O) groups is 1. The second-order valence-electron chi connectivity index (χ2n) is 3.70. The number of quaternary nitrogens is 1. The van der Waals surface area contributed by atoms with Crippen molar-refractivity contribution < 1.29 is 20.5 Å². The fraction of sp³-hybridized carbons (Fsp3) is 0.167. The molecule has 1 aromatic carbocycles. The number of rotatable bonds is 2. The van der Waals surface area contributed by atoms with Crippen LogP contribution in [0.4, 0.5) is 5.82 Å². The van der Waals surface area contributed by atoms with Crippen LogP contribution in [0.5, 0.6) is 0 Å². The van der Waals surface area contributed by atoms with Crippen molar-refractivity contribution in [3.05, 3.63) is 40.1 Å². The van der Waals surface area contributed by atoms with E-state index in [1.165, 1.54) is 6.07 Å². The second kappa shape index (κ2) is 4.50. The summed E-state index contributed by atoms with van der Waals surface area (Å²) in [4.78, 5) is 23.8. The Morgan fingerprint density at radius 3 is 2.78 bits per heavy atom. The van der Waals surface area contributed by atoms with Crippen molar-refractivity contribution in [3.8, 4) is 0 Å². The van der Waals surface area contributed by atoms with Gasteiger partial charge in [0.2, 0.25) is 5.43 Å². The molecule has 4 N–H and O–H groups in total. The molecule has 6 nitrogen and oxygen atoms in total. The minimum atomic E-state index is -0.777. The van der Waals surface area contributed by atoms with E-state index < -0.39 is 11.4 Å². The molecule has 2 aromatic rings. The molecule has 0 aliphatic carbocycles. The molecule has 6 heteroatoms. The number of para-hydroxylation sites is 1. The van der Waals surface area contributed by atoms with E-state index in [1.54, 1.807) is 25.1 Å². The van der Waals surface area contributed by atoms with Gasteiger partial charge in [0.15, 0.2) is 5.56 Å². The molecule has 94 valence electrons. The molecule has 0 radical (unpaired) electrons. The van der Waals surface area contributed by atoms with Crippen molar-refractivity contribution in [2.24, 2.45) is 0 Å². The van der Waals surface area contributed by atoms with Gasteiger partial charge >= 0.3 is 5.97 Å². The molecule has 18 heavy (non-hydrogen) atoms. The van der Waals surface area contributed by atoms with Gasteiger partial charge in [-0.2, -0.15) is 0 Å². The predicted molar refractivity (Wildman–Crippen MR) is 63.9 cm³/mol. The first-order chi connectivity index (χ1) is 8.57. The molecule has 0 fully saturated rings. The van der Waals surface area contributed by atoms with E-state index >= 15 is 0 Å². The topological polar surface area (TPSA) is 96.2 Å². The molecule has 0 saturated heterocycles. The van der Waals surface area contributed by atoms with Gasteiger partial charge in [-0.15, -0.1) is 4.73 Å². The fourth-order valence-corrected chi connectivity index (χ4v) is 1.78. The zero-order valence-corrected chi connectivity index (χ0v) is 9.84. The Morgan fingerprint density at radius 1 is 1.44 bits per heavy atom. The first-order valence-corrected chi connectivity index (χ1v) is 5.44. The van der Waals surface area contributed by atoms with Crippen LogP contribution >= 0.6 is 0 Å². The summed E-state index contributed by atoms with van der Waals surface area (Å²) in [6.07, 6.45) is 0. The largest absolute Gasteiger partial charge is 0.462 e. The summed E-state index contributed by atoms with van der Waals surface area (Å²) in [5.74, 6) is -0.849. The number of fused-ring (bicyclic) bond motifs is 1. The van der Waals surface area contributed by atoms with Crippen molar-refractivity contribution in [1.82, 2.24) is 4.73 Å². The Kier molecular flexibility index (Phi) is 3.03. The number of benzene rings is 1. The van der Waals surface area contributed by atoms with Gasteiger partial charge in [-0.3, -0.25) is 4.79 Å². The average molecular weight is 249 g/mol. The van der Waals surface area contributed by atoms with Crippen LogP contribution in [-0.4, -0.2) is 22.5 Å². The zero-order chi connectivity index (χ0) is 13.3. The number of ether oxygens (including phenoxy) is 1. The minimum Gasteiger partial charge on any atom is -0.462 e.